The molecular weight excluding hydrogens is 439 g/mol. The molecule has 0 radical (unpaired) electrons. The van der Waals surface area contributed by atoms with Crippen molar-refractivity contribution in [3.8, 4) is 0 Å². The van der Waals surface area contributed by atoms with Crippen molar-refractivity contribution in [3.05, 3.63) is 18.0 Å². The van der Waals surface area contributed by atoms with Crippen molar-refractivity contribution in [2.24, 2.45) is 18.0 Å². The molecule has 3 rings (SSSR count). The number of likely N-dealkylation sites (tertiary alicyclic amines) is 2. The maximum absolute atomic E-state index is 4.53. The number of hydrogen-bond donors (Lipinski definition) is 1. The van der Waals surface area contributed by atoms with Gasteiger partial charge in [-0.05, 0) is 56.8 Å². The first kappa shape index (κ1) is 21.5. The summed E-state index contributed by atoms with van der Waals surface area (Å²) in [5, 5.41) is 7.96. The number of guanidine groups is 1. The third-order valence-electron chi connectivity index (χ3n) is 5.69. The number of aliphatic imine (C=N–C) groups is 1. The lowest BCUT2D eigenvalue weighted by atomic mass is 9.97. The highest BCUT2D eigenvalue weighted by Crippen LogP contribution is 2.26. The van der Waals surface area contributed by atoms with Gasteiger partial charge in [0.1, 0.15) is 0 Å². The summed E-state index contributed by atoms with van der Waals surface area (Å²) in [7, 11) is 3.89. The average molecular weight is 474 g/mol. The lowest BCUT2D eigenvalue weighted by Gasteiger charge is -2.32. The molecule has 26 heavy (non-hydrogen) atoms. The van der Waals surface area contributed by atoms with E-state index in [0.717, 1.165) is 31.5 Å². The van der Waals surface area contributed by atoms with Gasteiger partial charge in [0.15, 0.2) is 5.96 Å². The van der Waals surface area contributed by atoms with E-state index in [2.05, 4.69) is 38.3 Å². The first-order valence-electron chi connectivity index (χ1n) is 9.86. The average Bonchev–Trinajstić information content (AvgIpc) is 3.26. The minimum atomic E-state index is 0. The molecule has 2 aliphatic rings. The largest absolute Gasteiger partial charge is 0.356 e. The van der Waals surface area contributed by atoms with Crippen LogP contribution in [0.2, 0.25) is 0 Å². The van der Waals surface area contributed by atoms with Crippen molar-refractivity contribution < 1.29 is 0 Å². The van der Waals surface area contributed by atoms with E-state index < -0.39 is 0 Å². The van der Waals surface area contributed by atoms with Crippen molar-refractivity contribution in [2.75, 3.05) is 46.3 Å². The van der Waals surface area contributed by atoms with Crippen molar-refractivity contribution >= 4 is 29.9 Å². The Kier molecular flexibility index (Phi) is 8.66. The summed E-state index contributed by atoms with van der Waals surface area (Å²) in [6, 6.07) is 0. The van der Waals surface area contributed by atoms with E-state index in [9.17, 15) is 0 Å². The van der Waals surface area contributed by atoms with E-state index in [0.29, 0.717) is 5.92 Å². The molecule has 0 spiro atoms. The zero-order valence-electron chi connectivity index (χ0n) is 16.5. The summed E-state index contributed by atoms with van der Waals surface area (Å²) in [4.78, 5) is 9.54. The van der Waals surface area contributed by atoms with Crippen molar-refractivity contribution in [2.45, 2.75) is 38.5 Å². The summed E-state index contributed by atoms with van der Waals surface area (Å²) in [6.07, 6.45) is 9.22. The second-order valence-electron chi connectivity index (χ2n) is 7.59. The molecule has 2 saturated heterocycles. The summed E-state index contributed by atoms with van der Waals surface area (Å²) in [6.45, 7) is 9.21. The van der Waals surface area contributed by atoms with Gasteiger partial charge in [-0.25, -0.2) is 0 Å². The monoisotopic (exact) mass is 474 g/mol. The highest BCUT2D eigenvalue weighted by atomic mass is 127. The Hall–Kier alpha value is -0.830. The first-order valence-corrected chi connectivity index (χ1v) is 9.86. The van der Waals surface area contributed by atoms with Crippen LogP contribution >= 0.6 is 24.0 Å². The predicted molar refractivity (Wildman–Crippen MR) is 118 cm³/mol. The molecule has 2 aliphatic heterocycles. The molecule has 1 atom stereocenters. The molecule has 0 aromatic carbocycles. The molecule has 7 heteroatoms. The lowest BCUT2D eigenvalue weighted by Crippen LogP contribution is -2.44. The van der Waals surface area contributed by atoms with Crippen LogP contribution in [0.4, 0.5) is 0 Å². The van der Waals surface area contributed by atoms with Gasteiger partial charge in [0.2, 0.25) is 0 Å². The summed E-state index contributed by atoms with van der Waals surface area (Å²) in [5.41, 5.74) is 1.35. The Morgan fingerprint density at radius 1 is 1.27 bits per heavy atom. The third kappa shape index (κ3) is 5.58. The van der Waals surface area contributed by atoms with Crippen LogP contribution in [0.1, 0.15) is 44.1 Å². The Labute approximate surface area is 175 Å². The Morgan fingerprint density at radius 3 is 2.65 bits per heavy atom. The van der Waals surface area contributed by atoms with Crippen molar-refractivity contribution in [1.29, 1.82) is 0 Å². The molecule has 148 valence electrons. The standard InChI is InChI=1S/C19H34N6.HI/c1-4-8-24-9-5-16(6-10-24)12-21-19(20-2)25-11-7-17(15-25)18-13-22-23(3)14-18;/h13-14,16-17H,4-12,15H2,1-3H3,(H,20,21);1H. The van der Waals surface area contributed by atoms with Gasteiger partial charge in [-0.3, -0.25) is 9.67 Å². The van der Waals surface area contributed by atoms with Gasteiger partial charge in [0.25, 0.3) is 0 Å². The number of aryl methyl sites for hydroxylation is 1. The fourth-order valence-electron chi connectivity index (χ4n) is 4.17. The molecular formula is C19H35IN6. The maximum Gasteiger partial charge on any atom is 0.193 e. The fraction of sp³-hybridized carbons (Fsp3) is 0.789. The SMILES string of the molecule is CCCN1CCC(CNC(=NC)N2CCC(c3cnn(C)c3)C2)CC1.I. The summed E-state index contributed by atoms with van der Waals surface area (Å²) in [5.74, 6) is 2.42. The van der Waals surface area contributed by atoms with Crippen LogP contribution in [0.3, 0.4) is 0 Å². The minimum absolute atomic E-state index is 0. The molecule has 0 bridgehead atoms. The zero-order chi connectivity index (χ0) is 17.6. The molecule has 1 aromatic rings. The first-order chi connectivity index (χ1) is 12.2. The lowest BCUT2D eigenvalue weighted by molar-refractivity contribution is 0.185. The van der Waals surface area contributed by atoms with Gasteiger partial charge in [-0.1, -0.05) is 6.92 Å². The molecule has 1 unspecified atom stereocenters. The summed E-state index contributed by atoms with van der Waals surface area (Å²) < 4.78 is 1.90. The number of rotatable bonds is 5. The number of halogens is 1. The fourth-order valence-corrected chi connectivity index (χ4v) is 4.17. The Bertz CT molecular complexity index is 564. The maximum atomic E-state index is 4.53. The number of nitrogens with zero attached hydrogens (tertiary/aromatic N) is 5. The van der Waals surface area contributed by atoms with Crippen LogP contribution in [0, 0.1) is 5.92 Å². The van der Waals surface area contributed by atoms with Gasteiger partial charge < -0.3 is 15.1 Å². The van der Waals surface area contributed by atoms with Gasteiger partial charge in [0.05, 0.1) is 6.20 Å². The summed E-state index contributed by atoms with van der Waals surface area (Å²) >= 11 is 0. The predicted octanol–water partition coefficient (Wildman–Crippen LogP) is 2.52. The van der Waals surface area contributed by atoms with Crippen molar-refractivity contribution in [1.82, 2.24) is 24.9 Å². The smallest absolute Gasteiger partial charge is 0.193 e. The van der Waals surface area contributed by atoms with Crippen LogP contribution < -0.4 is 5.32 Å². The molecule has 1 aromatic heterocycles. The van der Waals surface area contributed by atoms with E-state index in [-0.39, 0.29) is 24.0 Å². The van der Waals surface area contributed by atoms with Gasteiger partial charge in [-0.15, -0.1) is 24.0 Å². The topological polar surface area (TPSA) is 48.7 Å². The van der Waals surface area contributed by atoms with Crippen LogP contribution in [-0.4, -0.2) is 71.9 Å². The van der Waals surface area contributed by atoms with E-state index in [1.54, 1.807) is 0 Å². The number of hydrogen-bond acceptors (Lipinski definition) is 3. The zero-order valence-corrected chi connectivity index (χ0v) is 18.9. The molecule has 0 saturated carbocycles. The van der Waals surface area contributed by atoms with Crippen LogP contribution in [-0.2, 0) is 7.05 Å². The van der Waals surface area contributed by atoms with Crippen LogP contribution in [0.5, 0.6) is 0 Å². The van der Waals surface area contributed by atoms with E-state index in [1.165, 1.54) is 50.9 Å². The number of nitrogens with one attached hydrogen (secondary N) is 1. The second-order valence-corrected chi connectivity index (χ2v) is 7.59. The Morgan fingerprint density at radius 2 is 2.04 bits per heavy atom. The van der Waals surface area contributed by atoms with Crippen molar-refractivity contribution in [3.63, 3.8) is 0 Å². The highest BCUT2D eigenvalue weighted by Gasteiger charge is 2.27. The van der Waals surface area contributed by atoms with E-state index in [4.69, 9.17) is 0 Å². The highest BCUT2D eigenvalue weighted by molar-refractivity contribution is 14.0. The van der Waals surface area contributed by atoms with Gasteiger partial charge in [0, 0.05) is 45.8 Å². The van der Waals surface area contributed by atoms with Gasteiger partial charge in [-0.2, -0.15) is 5.10 Å². The Balaban J connectivity index is 0.00000243. The van der Waals surface area contributed by atoms with Crippen LogP contribution in [0.15, 0.2) is 17.4 Å². The molecule has 0 aliphatic carbocycles. The van der Waals surface area contributed by atoms with Gasteiger partial charge >= 0.3 is 0 Å². The molecule has 1 N–H and O–H groups in total. The molecule has 6 nitrogen and oxygen atoms in total. The quantitative estimate of drug-likeness (QED) is 0.405. The normalized spacial score (nSPS) is 22.5. The number of piperidine rings is 1. The third-order valence-corrected chi connectivity index (χ3v) is 5.69. The molecule has 3 heterocycles. The van der Waals surface area contributed by atoms with E-state index >= 15 is 0 Å². The molecule has 0 amide bonds. The van der Waals surface area contributed by atoms with E-state index in [1.807, 2.05) is 25.0 Å². The second kappa shape index (κ2) is 10.5. The van der Waals surface area contributed by atoms with Crippen LogP contribution in [0.25, 0.3) is 0 Å². The minimum Gasteiger partial charge on any atom is -0.356 e. The number of aromatic nitrogens is 2. The molecule has 2 fully saturated rings.